The Morgan fingerprint density at radius 3 is 3.12 bits per heavy atom. The number of nitrogens with two attached hydrogens (primary N) is 1. The number of aromatic hydroxyl groups is 1. The maximum atomic E-state index is 9.81. The first-order valence-electron chi connectivity index (χ1n) is 6.10. The monoisotopic (exact) mass is 236 g/mol. The number of hydrogen-bond acceptors (Lipinski definition) is 4. The molecule has 1 unspecified atom stereocenters. The average molecular weight is 236 g/mol. The minimum Gasteiger partial charge on any atom is -0.508 e. The second-order valence-corrected chi connectivity index (χ2v) is 4.50. The third kappa shape index (κ3) is 2.90. The summed E-state index contributed by atoms with van der Waals surface area (Å²) in [4.78, 5) is 2.35. The third-order valence-corrected chi connectivity index (χ3v) is 3.30. The van der Waals surface area contributed by atoms with Crippen LogP contribution in [-0.4, -0.2) is 35.8 Å². The second kappa shape index (κ2) is 5.38. The number of phenolic OH excluding ortho intramolecular Hbond substituents is 1. The van der Waals surface area contributed by atoms with Crippen molar-refractivity contribution in [1.82, 2.24) is 4.90 Å². The molecule has 0 amide bonds. The van der Waals surface area contributed by atoms with E-state index in [0.717, 1.165) is 38.3 Å². The van der Waals surface area contributed by atoms with E-state index in [1.54, 1.807) is 12.1 Å². The van der Waals surface area contributed by atoms with Crippen LogP contribution in [0.25, 0.3) is 0 Å². The largest absolute Gasteiger partial charge is 0.508 e. The van der Waals surface area contributed by atoms with E-state index < -0.39 is 0 Å². The van der Waals surface area contributed by atoms with Gasteiger partial charge in [-0.15, -0.1) is 0 Å². The number of rotatable bonds is 3. The Morgan fingerprint density at radius 2 is 2.35 bits per heavy atom. The summed E-state index contributed by atoms with van der Waals surface area (Å²) in [6, 6.07) is 5.66. The Balaban J connectivity index is 2.10. The Kier molecular flexibility index (Phi) is 3.86. The zero-order valence-corrected chi connectivity index (χ0v) is 10.2. The van der Waals surface area contributed by atoms with Gasteiger partial charge in [-0.2, -0.15) is 0 Å². The van der Waals surface area contributed by atoms with Crippen LogP contribution in [0, 0.1) is 0 Å². The Labute approximate surface area is 102 Å². The van der Waals surface area contributed by atoms with Gasteiger partial charge in [0, 0.05) is 30.4 Å². The van der Waals surface area contributed by atoms with Crippen molar-refractivity contribution in [2.45, 2.75) is 25.9 Å². The number of nitrogen functional groups attached to an aromatic ring is 1. The molecule has 17 heavy (non-hydrogen) atoms. The number of hydrogen-bond donors (Lipinski definition) is 2. The molecule has 1 aliphatic rings. The van der Waals surface area contributed by atoms with Crippen LogP contribution in [0.3, 0.4) is 0 Å². The molecule has 4 heteroatoms. The molecule has 1 heterocycles. The Bertz CT molecular complexity index is 382. The zero-order valence-electron chi connectivity index (χ0n) is 10.2. The van der Waals surface area contributed by atoms with Crippen molar-refractivity contribution in [3.8, 4) is 5.75 Å². The van der Waals surface area contributed by atoms with Crippen LogP contribution in [0.4, 0.5) is 5.69 Å². The summed E-state index contributed by atoms with van der Waals surface area (Å²) in [6.45, 7) is 5.34. The van der Waals surface area contributed by atoms with Gasteiger partial charge in [0.05, 0.1) is 13.2 Å². The first kappa shape index (κ1) is 12.2. The van der Waals surface area contributed by atoms with E-state index in [1.807, 2.05) is 6.07 Å². The van der Waals surface area contributed by atoms with E-state index in [0.29, 0.717) is 17.5 Å². The lowest BCUT2D eigenvalue weighted by molar-refractivity contribution is -0.0129. The van der Waals surface area contributed by atoms with Gasteiger partial charge in [-0.05, 0) is 24.6 Å². The van der Waals surface area contributed by atoms with Crippen molar-refractivity contribution in [1.29, 1.82) is 0 Å². The van der Waals surface area contributed by atoms with Gasteiger partial charge in [-0.25, -0.2) is 0 Å². The van der Waals surface area contributed by atoms with Gasteiger partial charge in [0.15, 0.2) is 0 Å². The number of benzene rings is 1. The highest BCUT2D eigenvalue weighted by molar-refractivity contribution is 5.47. The average Bonchev–Trinajstić information content (AvgIpc) is 2.34. The van der Waals surface area contributed by atoms with Crippen LogP contribution in [0.5, 0.6) is 5.75 Å². The molecule has 1 fully saturated rings. The lowest BCUT2D eigenvalue weighted by atomic mass is 10.1. The fraction of sp³-hybridized carbons (Fsp3) is 0.538. The molecule has 1 atom stereocenters. The molecule has 1 aromatic carbocycles. The summed E-state index contributed by atoms with van der Waals surface area (Å²) in [7, 11) is 0. The van der Waals surface area contributed by atoms with E-state index >= 15 is 0 Å². The molecule has 0 aliphatic carbocycles. The Morgan fingerprint density at radius 1 is 1.53 bits per heavy atom. The standard InChI is InChI=1S/C13H20N2O2/c1-2-12-9-17-6-5-15(12)8-10-7-11(14)3-4-13(10)16/h3-4,7,12,16H,2,5-6,8-9,14H2,1H3. The zero-order chi connectivity index (χ0) is 12.3. The molecule has 0 bridgehead atoms. The highest BCUT2D eigenvalue weighted by atomic mass is 16.5. The molecule has 2 rings (SSSR count). The summed E-state index contributed by atoms with van der Waals surface area (Å²) in [5.41, 5.74) is 7.33. The normalized spacial score (nSPS) is 21.6. The van der Waals surface area contributed by atoms with E-state index in [-0.39, 0.29) is 0 Å². The van der Waals surface area contributed by atoms with Gasteiger partial charge in [0.2, 0.25) is 0 Å². The molecule has 4 nitrogen and oxygen atoms in total. The van der Waals surface area contributed by atoms with Gasteiger partial charge < -0.3 is 15.6 Å². The maximum absolute atomic E-state index is 9.81. The molecule has 3 N–H and O–H groups in total. The first-order chi connectivity index (χ1) is 8.20. The summed E-state index contributed by atoms with van der Waals surface area (Å²) in [5, 5.41) is 9.81. The van der Waals surface area contributed by atoms with Crippen LogP contribution in [0.15, 0.2) is 18.2 Å². The maximum Gasteiger partial charge on any atom is 0.120 e. The van der Waals surface area contributed by atoms with Gasteiger partial charge in [-0.1, -0.05) is 6.92 Å². The second-order valence-electron chi connectivity index (χ2n) is 4.50. The molecular formula is C13H20N2O2. The number of anilines is 1. The number of phenols is 1. The van der Waals surface area contributed by atoms with Crippen molar-refractivity contribution in [2.75, 3.05) is 25.5 Å². The number of morpholine rings is 1. The van der Waals surface area contributed by atoms with Crippen LogP contribution in [-0.2, 0) is 11.3 Å². The van der Waals surface area contributed by atoms with E-state index in [1.165, 1.54) is 0 Å². The Hall–Kier alpha value is -1.26. The predicted molar refractivity (Wildman–Crippen MR) is 67.8 cm³/mol. The minimum absolute atomic E-state index is 0.320. The van der Waals surface area contributed by atoms with E-state index in [9.17, 15) is 5.11 Å². The number of ether oxygens (including phenoxy) is 1. The minimum atomic E-state index is 0.320. The molecule has 1 saturated heterocycles. The molecule has 0 aromatic heterocycles. The predicted octanol–water partition coefficient (Wildman–Crippen LogP) is 1.59. The van der Waals surface area contributed by atoms with Gasteiger partial charge in [0.25, 0.3) is 0 Å². The quantitative estimate of drug-likeness (QED) is 0.618. The third-order valence-electron chi connectivity index (χ3n) is 3.30. The van der Waals surface area contributed by atoms with Crippen molar-refractivity contribution in [2.24, 2.45) is 0 Å². The molecule has 94 valence electrons. The smallest absolute Gasteiger partial charge is 0.120 e. The van der Waals surface area contributed by atoms with Crippen molar-refractivity contribution in [3.63, 3.8) is 0 Å². The van der Waals surface area contributed by atoms with Gasteiger partial charge >= 0.3 is 0 Å². The van der Waals surface area contributed by atoms with Crippen LogP contribution in [0.2, 0.25) is 0 Å². The van der Waals surface area contributed by atoms with E-state index in [4.69, 9.17) is 10.5 Å². The first-order valence-corrected chi connectivity index (χ1v) is 6.10. The molecule has 0 radical (unpaired) electrons. The summed E-state index contributed by atoms with van der Waals surface area (Å²) in [6.07, 6.45) is 1.06. The van der Waals surface area contributed by atoms with Gasteiger partial charge in [0.1, 0.15) is 5.75 Å². The highest BCUT2D eigenvalue weighted by Crippen LogP contribution is 2.23. The summed E-state index contributed by atoms with van der Waals surface area (Å²) >= 11 is 0. The molecule has 1 aromatic rings. The van der Waals surface area contributed by atoms with E-state index in [2.05, 4.69) is 11.8 Å². The highest BCUT2D eigenvalue weighted by Gasteiger charge is 2.22. The molecular weight excluding hydrogens is 216 g/mol. The summed E-state index contributed by atoms with van der Waals surface area (Å²) < 4.78 is 5.47. The van der Waals surface area contributed by atoms with Crippen molar-refractivity contribution in [3.05, 3.63) is 23.8 Å². The van der Waals surface area contributed by atoms with Crippen LogP contribution in [0.1, 0.15) is 18.9 Å². The summed E-state index contributed by atoms with van der Waals surface area (Å²) in [5.74, 6) is 0.320. The molecule has 1 aliphatic heterocycles. The fourth-order valence-corrected chi connectivity index (χ4v) is 2.22. The fourth-order valence-electron chi connectivity index (χ4n) is 2.22. The molecule has 0 spiro atoms. The van der Waals surface area contributed by atoms with Crippen molar-refractivity contribution >= 4 is 5.69 Å². The lowest BCUT2D eigenvalue weighted by Crippen LogP contribution is -2.44. The van der Waals surface area contributed by atoms with Crippen LogP contribution >= 0.6 is 0 Å². The molecule has 0 saturated carbocycles. The van der Waals surface area contributed by atoms with Crippen LogP contribution < -0.4 is 5.73 Å². The van der Waals surface area contributed by atoms with Gasteiger partial charge in [-0.3, -0.25) is 4.90 Å². The van der Waals surface area contributed by atoms with Crippen molar-refractivity contribution < 1.29 is 9.84 Å². The SMILES string of the molecule is CCC1COCCN1Cc1cc(N)ccc1O. The number of nitrogens with zero attached hydrogens (tertiary/aromatic N) is 1. The lowest BCUT2D eigenvalue weighted by Gasteiger charge is -2.35. The topological polar surface area (TPSA) is 58.7 Å².